The van der Waals surface area contributed by atoms with Crippen LogP contribution in [0, 0.1) is 11.8 Å². The first kappa shape index (κ1) is 15.3. The number of rotatable bonds is 6. The van der Waals surface area contributed by atoms with Gasteiger partial charge in [-0.25, -0.2) is 0 Å². The summed E-state index contributed by atoms with van der Waals surface area (Å²) in [5.74, 6) is 0.980. The predicted octanol–water partition coefficient (Wildman–Crippen LogP) is -1.58. The van der Waals surface area contributed by atoms with Crippen LogP contribution in [0.4, 0.5) is 0 Å². The normalized spacial score (nSPS) is 18.1. The SMILES string of the molecule is CC(O)(C#CC(C)(O)OCCO)OCCO. The van der Waals surface area contributed by atoms with E-state index in [1.165, 1.54) is 13.8 Å². The molecule has 0 saturated carbocycles. The van der Waals surface area contributed by atoms with Crippen molar-refractivity contribution in [3.63, 3.8) is 0 Å². The Labute approximate surface area is 94.4 Å². The van der Waals surface area contributed by atoms with E-state index >= 15 is 0 Å². The van der Waals surface area contributed by atoms with Gasteiger partial charge in [0.15, 0.2) is 0 Å². The molecule has 0 amide bonds. The van der Waals surface area contributed by atoms with Crippen molar-refractivity contribution in [3.05, 3.63) is 0 Å². The third kappa shape index (κ3) is 7.59. The molecule has 94 valence electrons. The standard InChI is InChI=1S/C10H18O6/c1-9(13,15-7-5-11)3-4-10(2,14)16-8-6-12/h11-14H,5-8H2,1-2H3. The molecular formula is C10H18O6. The molecule has 6 heteroatoms. The Bertz CT molecular complexity index is 226. The van der Waals surface area contributed by atoms with E-state index in [4.69, 9.17) is 19.7 Å². The Morgan fingerprint density at radius 3 is 1.44 bits per heavy atom. The summed E-state index contributed by atoms with van der Waals surface area (Å²) < 4.78 is 9.59. The first-order valence-electron chi connectivity index (χ1n) is 4.82. The van der Waals surface area contributed by atoms with Crippen LogP contribution in [0.25, 0.3) is 0 Å². The smallest absolute Gasteiger partial charge is 0.228 e. The van der Waals surface area contributed by atoms with Crippen LogP contribution in [0.1, 0.15) is 13.8 Å². The third-order valence-electron chi connectivity index (χ3n) is 1.48. The first-order valence-corrected chi connectivity index (χ1v) is 4.82. The van der Waals surface area contributed by atoms with Crippen LogP contribution in [0.5, 0.6) is 0 Å². The van der Waals surface area contributed by atoms with Gasteiger partial charge in [0, 0.05) is 13.8 Å². The summed E-state index contributed by atoms with van der Waals surface area (Å²) in [5.41, 5.74) is 0. The van der Waals surface area contributed by atoms with Gasteiger partial charge in [0.05, 0.1) is 26.4 Å². The lowest BCUT2D eigenvalue weighted by molar-refractivity contribution is -0.159. The van der Waals surface area contributed by atoms with Crippen molar-refractivity contribution < 1.29 is 29.9 Å². The van der Waals surface area contributed by atoms with Crippen LogP contribution in [0.3, 0.4) is 0 Å². The quantitative estimate of drug-likeness (QED) is 0.327. The van der Waals surface area contributed by atoms with E-state index in [2.05, 4.69) is 11.8 Å². The highest BCUT2D eigenvalue weighted by atomic mass is 16.6. The molecule has 0 aliphatic heterocycles. The second-order valence-corrected chi connectivity index (χ2v) is 3.36. The zero-order valence-corrected chi connectivity index (χ0v) is 9.43. The lowest BCUT2D eigenvalue weighted by atomic mass is 10.2. The number of hydrogen-bond acceptors (Lipinski definition) is 6. The van der Waals surface area contributed by atoms with E-state index < -0.39 is 11.6 Å². The second-order valence-electron chi connectivity index (χ2n) is 3.36. The fraction of sp³-hybridized carbons (Fsp3) is 0.800. The van der Waals surface area contributed by atoms with Gasteiger partial charge in [-0.15, -0.1) is 0 Å². The van der Waals surface area contributed by atoms with E-state index in [0.29, 0.717) is 0 Å². The highest BCUT2D eigenvalue weighted by Gasteiger charge is 2.21. The molecule has 6 nitrogen and oxygen atoms in total. The Morgan fingerprint density at radius 1 is 0.875 bits per heavy atom. The molecule has 0 aromatic carbocycles. The molecule has 0 aliphatic carbocycles. The van der Waals surface area contributed by atoms with E-state index in [1.54, 1.807) is 0 Å². The minimum Gasteiger partial charge on any atom is -0.394 e. The van der Waals surface area contributed by atoms with Crippen molar-refractivity contribution >= 4 is 0 Å². The maximum Gasteiger partial charge on any atom is 0.228 e. The fourth-order valence-electron chi connectivity index (χ4n) is 0.793. The van der Waals surface area contributed by atoms with Crippen molar-refractivity contribution in [3.8, 4) is 11.8 Å². The van der Waals surface area contributed by atoms with Crippen molar-refractivity contribution in [1.29, 1.82) is 0 Å². The highest BCUT2D eigenvalue weighted by molar-refractivity contribution is 5.14. The van der Waals surface area contributed by atoms with Gasteiger partial charge in [-0.3, -0.25) is 0 Å². The number of hydrogen-bond donors (Lipinski definition) is 4. The molecule has 4 N–H and O–H groups in total. The highest BCUT2D eigenvalue weighted by Crippen LogP contribution is 2.07. The lowest BCUT2D eigenvalue weighted by Crippen LogP contribution is -2.31. The summed E-state index contributed by atoms with van der Waals surface area (Å²) in [6, 6.07) is 0. The van der Waals surface area contributed by atoms with E-state index in [0.717, 1.165) is 0 Å². The summed E-state index contributed by atoms with van der Waals surface area (Å²) in [7, 11) is 0. The van der Waals surface area contributed by atoms with Crippen molar-refractivity contribution in [1.82, 2.24) is 0 Å². The van der Waals surface area contributed by atoms with Gasteiger partial charge in [0.1, 0.15) is 0 Å². The minimum absolute atomic E-state index is 0.0681. The maximum atomic E-state index is 9.51. The molecule has 2 atom stereocenters. The van der Waals surface area contributed by atoms with Crippen LogP contribution < -0.4 is 0 Å². The van der Waals surface area contributed by atoms with Crippen molar-refractivity contribution in [2.75, 3.05) is 26.4 Å². The molecule has 0 rings (SSSR count). The fourth-order valence-corrected chi connectivity index (χ4v) is 0.793. The van der Waals surface area contributed by atoms with Gasteiger partial charge in [-0.1, -0.05) is 0 Å². The first-order chi connectivity index (χ1) is 7.33. The van der Waals surface area contributed by atoms with Gasteiger partial charge in [-0.2, -0.15) is 0 Å². The van der Waals surface area contributed by atoms with Crippen LogP contribution in [0.2, 0.25) is 0 Å². The molecule has 0 aromatic heterocycles. The Kier molecular flexibility index (Phi) is 6.52. The van der Waals surface area contributed by atoms with Gasteiger partial charge < -0.3 is 29.9 Å². The molecule has 0 bridgehead atoms. The zero-order chi connectivity index (χ0) is 12.7. The maximum absolute atomic E-state index is 9.51. The Balaban J connectivity index is 4.33. The Hall–Kier alpha value is -0.680. The van der Waals surface area contributed by atoms with Crippen LogP contribution in [0.15, 0.2) is 0 Å². The summed E-state index contributed by atoms with van der Waals surface area (Å²) in [4.78, 5) is 0. The number of aliphatic hydroxyl groups excluding tert-OH is 2. The average Bonchev–Trinajstić information content (AvgIpc) is 2.22. The molecule has 0 aromatic rings. The molecule has 0 radical (unpaired) electrons. The van der Waals surface area contributed by atoms with Gasteiger partial charge >= 0.3 is 0 Å². The number of ether oxygens (including phenoxy) is 2. The molecular weight excluding hydrogens is 216 g/mol. The second kappa shape index (κ2) is 6.81. The van der Waals surface area contributed by atoms with Crippen LogP contribution in [-0.2, 0) is 9.47 Å². The molecule has 0 aliphatic rings. The van der Waals surface area contributed by atoms with E-state index in [1.807, 2.05) is 0 Å². The van der Waals surface area contributed by atoms with E-state index in [9.17, 15) is 10.2 Å². The van der Waals surface area contributed by atoms with Crippen LogP contribution >= 0.6 is 0 Å². The molecule has 0 spiro atoms. The molecule has 16 heavy (non-hydrogen) atoms. The molecule has 0 fully saturated rings. The lowest BCUT2D eigenvalue weighted by Gasteiger charge is -2.19. The van der Waals surface area contributed by atoms with E-state index in [-0.39, 0.29) is 26.4 Å². The third-order valence-corrected chi connectivity index (χ3v) is 1.48. The monoisotopic (exact) mass is 234 g/mol. The molecule has 2 unspecified atom stereocenters. The average molecular weight is 234 g/mol. The summed E-state index contributed by atoms with van der Waals surface area (Å²) in [6.07, 6.45) is 0. The molecule has 0 saturated heterocycles. The van der Waals surface area contributed by atoms with Crippen molar-refractivity contribution in [2.24, 2.45) is 0 Å². The largest absolute Gasteiger partial charge is 0.394 e. The van der Waals surface area contributed by atoms with Gasteiger partial charge in [0.2, 0.25) is 11.6 Å². The topological polar surface area (TPSA) is 99.4 Å². The Morgan fingerprint density at radius 2 is 1.19 bits per heavy atom. The summed E-state index contributed by atoms with van der Waals surface area (Å²) in [6.45, 7) is 1.93. The van der Waals surface area contributed by atoms with Gasteiger partial charge in [0.25, 0.3) is 0 Å². The van der Waals surface area contributed by atoms with Crippen molar-refractivity contribution in [2.45, 2.75) is 25.4 Å². The summed E-state index contributed by atoms with van der Waals surface area (Å²) in [5, 5.41) is 36.0. The van der Waals surface area contributed by atoms with Gasteiger partial charge in [-0.05, 0) is 11.8 Å². The predicted molar refractivity (Wildman–Crippen MR) is 55.1 cm³/mol. The van der Waals surface area contributed by atoms with Crippen LogP contribution in [-0.4, -0.2) is 58.4 Å². The zero-order valence-electron chi connectivity index (χ0n) is 9.43. The summed E-state index contributed by atoms with van der Waals surface area (Å²) >= 11 is 0. The number of aliphatic hydroxyl groups is 4. The molecule has 0 heterocycles. The minimum atomic E-state index is -1.77.